The first-order valence-electron chi connectivity index (χ1n) is 10.1. The highest BCUT2D eigenvalue weighted by atomic mass is 35.5. The Morgan fingerprint density at radius 1 is 0.970 bits per heavy atom. The van der Waals surface area contributed by atoms with Gasteiger partial charge < -0.3 is 5.21 Å². The van der Waals surface area contributed by atoms with E-state index < -0.39 is 32.6 Å². The fraction of sp³-hybridized carbons (Fsp3) is 0.174. The molecule has 2 atom stereocenters. The average Bonchev–Trinajstić information content (AvgIpc) is 2.79. The molecule has 1 aliphatic rings. The number of hydrazine groups is 1. The van der Waals surface area contributed by atoms with E-state index in [9.17, 15) is 22.4 Å². The van der Waals surface area contributed by atoms with Gasteiger partial charge in [-0.2, -0.15) is 0 Å². The van der Waals surface area contributed by atoms with Gasteiger partial charge in [0.25, 0.3) is 10.0 Å². The van der Waals surface area contributed by atoms with Crippen molar-refractivity contribution in [2.24, 2.45) is 5.16 Å². The lowest BCUT2D eigenvalue weighted by atomic mass is 9.83. The predicted octanol–water partition coefficient (Wildman–Crippen LogP) is 5.17. The molecule has 0 radical (unpaired) electrons. The van der Waals surface area contributed by atoms with Gasteiger partial charge in [0.2, 0.25) is 0 Å². The smallest absolute Gasteiger partial charge is 0.260 e. The highest BCUT2D eigenvalue weighted by Crippen LogP contribution is 2.45. The summed E-state index contributed by atoms with van der Waals surface area (Å²) in [5.74, 6) is -2.34. The summed E-state index contributed by atoms with van der Waals surface area (Å²) in [5.41, 5.74) is 1.51. The molecule has 2 unspecified atom stereocenters. The molecule has 1 heterocycles. The first-order valence-corrected chi connectivity index (χ1v) is 11.9. The lowest BCUT2D eigenvalue weighted by molar-refractivity contribution is 0.0411. The fourth-order valence-corrected chi connectivity index (χ4v) is 5.98. The summed E-state index contributed by atoms with van der Waals surface area (Å²) in [4.78, 5) is -0.552. The van der Waals surface area contributed by atoms with Crippen LogP contribution in [0, 0.1) is 11.6 Å². The summed E-state index contributed by atoms with van der Waals surface area (Å²) in [5, 5.41) is 13.9. The van der Waals surface area contributed by atoms with Gasteiger partial charge in [0, 0.05) is 23.6 Å². The van der Waals surface area contributed by atoms with Gasteiger partial charge in [-0.15, -0.1) is 4.41 Å². The molecule has 3 aromatic rings. The van der Waals surface area contributed by atoms with Gasteiger partial charge >= 0.3 is 0 Å². The van der Waals surface area contributed by atoms with Crippen molar-refractivity contribution < 1.29 is 22.4 Å². The van der Waals surface area contributed by atoms with Gasteiger partial charge in [0.05, 0.1) is 10.9 Å². The van der Waals surface area contributed by atoms with Crippen molar-refractivity contribution in [3.05, 3.63) is 101 Å². The highest BCUT2D eigenvalue weighted by molar-refractivity contribution is 7.89. The second-order valence-corrected chi connectivity index (χ2v) is 9.81. The Kier molecular flexibility index (Phi) is 6.64. The SMILES string of the molecule is O=S(=O)(c1cc(F)cc(F)c1)N1C(c2ccc(Cl)cc2)C(c2ccccc2)CCN1C=NO. The van der Waals surface area contributed by atoms with Crippen LogP contribution < -0.4 is 0 Å². The van der Waals surface area contributed by atoms with E-state index in [1.54, 1.807) is 24.3 Å². The topological polar surface area (TPSA) is 73.2 Å². The van der Waals surface area contributed by atoms with E-state index in [0.717, 1.165) is 28.4 Å². The third-order valence-electron chi connectivity index (χ3n) is 5.55. The number of rotatable bonds is 5. The molecular formula is C23H20ClF2N3O3S. The van der Waals surface area contributed by atoms with Crippen LogP contribution in [-0.4, -0.2) is 35.9 Å². The zero-order valence-electron chi connectivity index (χ0n) is 17.2. The van der Waals surface area contributed by atoms with Gasteiger partial charge in [0.1, 0.15) is 18.0 Å². The van der Waals surface area contributed by atoms with E-state index in [4.69, 9.17) is 11.6 Å². The van der Waals surface area contributed by atoms with Crippen molar-refractivity contribution in [3.63, 3.8) is 0 Å². The molecule has 0 amide bonds. The number of hydrogen-bond acceptors (Lipinski definition) is 4. The van der Waals surface area contributed by atoms with Gasteiger partial charge in [-0.3, -0.25) is 5.01 Å². The molecule has 0 spiro atoms. The Bertz CT molecular complexity index is 1240. The van der Waals surface area contributed by atoms with Crippen LogP contribution in [0.3, 0.4) is 0 Å². The Morgan fingerprint density at radius 2 is 1.61 bits per heavy atom. The Labute approximate surface area is 195 Å². The van der Waals surface area contributed by atoms with Crippen LogP contribution >= 0.6 is 11.6 Å². The Morgan fingerprint density at radius 3 is 2.21 bits per heavy atom. The second kappa shape index (κ2) is 9.46. The summed E-state index contributed by atoms with van der Waals surface area (Å²) in [6.45, 7) is 0.185. The first-order chi connectivity index (χ1) is 15.8. The predicted molar refractivity (Wildman–Crippen MR) is 120 cm³/mol. The Balaban J connectivity index is 1.93. The number of benzene rings is 3. The molecule has 1 fully saturated rings. The van der Waals surface area contributed by atoms with Crippen LogP contribution in [0.4, 0.5) is 8.78 Å². The van der Waals surface area contributed by atoms with E-state index in [1.807, 2.05) is 30.3 Å². The summed E-state index contributed by atoms with van der Waals surface area (Å²) in [6.07, 6.45) is 1.49. The van der Waals surface area contributed by atoms with Crippen molar-refractivity contribution in [1.82, 2.24) is 9.42 Å². The summed E-state index contributed by atoms with van der Waals surface area (Å²) >= 11 is 6.06. The molecule has 10 heteroatoms. The average molecular weight is 492 g/mol. The lowest BCUT2D eigenvalue weighted by Gasteiger charge is -2.46. The quantitative estimate of drug-likeness (QED) is 0.231. The van der Waals surface area contributed by atoms with E-state index >= 15 is 0 Å². The van der Waals surface area contributed by atoms with E-state index in [1.165, 1.54) is 5.01 Å². The summed E-state index contributed by atoms with van der Waals surface area (Å²) in [6, 6.07) is 17.4. The van der Waals surface area contributed by atoms with Crippen molar-refractivity contribution in [3.8, 4) is 0 Å². The normalized spacial score (nSPS) is 19.8. The van der Waals surface area contributed by atoms with Gasteiger partial charge in [-0.05, 0) is 41.8 Å². The van der Waals surface area contributed by atoms with Gasteiger partial charge in [-0.25, -0.2) is 17.2 Å². The van der Waals surface area contributed by atoms with Crippen LogP contribution in [0.5, 0.6) is 0 Å². The Hall–Kier alpha value is -3.01. The van der Waals surface area contributed by atoms with Gasteiger partial charge in [-0.1, -0.05) is 59.2 Å². The maximum atomic E-state index is 14.0. The molecule has 1 saturated heterocycles. The number of halogens is 3. The number of oxime groups is 1. The van der Waals surface area contributed by atoms with Gasteiger partial charge in [0.15, 0.2) is 0 Å². The molecule has 172 valence electrons. The first kappa shape index (κ1) is 23.2. The maximum Gasteiger partial charge on any atom is 0.260 e. The minimum Gasteiger partial charge on any atom is -0.410 e. The molecule has 1 N–H and O–H groups in total. The third-order valence-corrected chi connectivity index (χ3v) is 7.56. The standard InChI is InChI=1S/C23H20ClF2N3O3S/c24-18-8-6-17(7-9-18)23-22(16-4-2-1-3-5-16)10-11-28(15-27-30)29(23)33(31,32)21-13-19(25)12-20(26)14-21/h1-9,12-15,22-23,30H,10-11H2. The van der Waals surface area contributed by atoms with Crippen molar-refractivity contribution in [1.29, 1.82) is 0 Å². The molecule has 0 aliphatic carbocycles. The number of sulfonamides is 1. The minimum atomic E-state index is -4.48. The lowest BCUT2D eigenvalue weighted by Crippen LogP contribution is -2.53. The summed E-state index contributed by atoms with van der Waals surface area (Å²) in [7, 11) is -4.48. The van der Waals surface area contributed by atoms with Crippen LogP contribution in [-0.2, 0) is 10.0 Å². The van der Waals surface area contributed by atoms with Crippen LogP contribution in [0.15, 0.2) is 82.8 Å². The molecular weight excluding hydrogens is 472 g/mol. The zero-order valence-corrected chi connectivity index (χ0v) is 18.8. The molecule has 3 aromatic carbocycles. The molecule has 0 saturated carbocycles. The van der Waals surface area contributed by atoms with Crippen molar-refractivity contribution >= 4 is 28.0 Å². The molecule has 33 heavy (non-hydrogen) atoms. The molecule has 6 nitrogen and oxygen atoms in total. The molecule has 0 aromatic heterocycles. The number of nitrogens with zero attached hydrogens (tertiary/aromatic N) is 3. The molecule has 0 bridgehead atoms. The molecule has 4 rings (SSSR count). The van der Waals surface area contributed by atoms with Crippen molar-refractivity contribution in [2.75, 3.05) is 6.54 Å². The van der Waals surface area contributed by atoms with Crippen molar-refractivity contribution in [2.45, 2.75) is 23.3 Å². The second-order valence-electron chi connectivity index (χ2n) is 7.58. The van der Waals surface area contributed by atoms with Crippen LogP contribution in [0.25, 0.3) is 0 Å². The number of hydrogen-bond donors (Lipinski definition) is 1. The molecule has 1 aliphatic heterocycles. The summed E-state index contributed by atoms with van der Waals surface area (Å²) < 4.78 is 56.5. The monoisotopic (exact) mass is 491 g/mol. The third kappa shape index (κ3) is 4.71. The highest BCUT2D eigenvalue weighted by Gasteiger charge is 2.45. The maximum absolute atomic E-state index is 14.0. The zero-order chi connectivity index (χ0) is 23.6. The van der Waals surface area contributed by atoms with Crippen LogP contribution in [0.1, 0.15) is 29.5 Å². The minimum absolute atomic E-state index is 0.185. The largest absolute Gasteiger partial charge is 0.410 e. The fourth-order valence-electron chi connectivity index (χ4n) is 4.15. The van der Waals surface area contributed by atoms with E-state index in [2.05, 4.69) is 5.16 Å². The van der Waals surface area contributed by atoms with E-state index in [-0.39, 0.29) is 12.5 Å². The van der Waals surface area contributed by atoms with E-state index in [0.29, 0.717) is 23.1 Å². The van der Waals surface area contributed by atoms with Crippen LogP contribution in [0.2, 0.25) is 5.02 Å².